The number of rotatable bonds is 7. The summed E-state index contributed by atoms with van der Waals surface area (Å²) < 4.78 is 5.51. The summed E-state index contributed by atoms with van der Waals surface area (Å²) in [7, 11) is 0. The Labute approximate surface area is 191 Å². The summed E-state index contributed by atoms with van der Waals surface area (Å²) in [4.78, 5) is 35.7. The highest BCUT2D eigenvalue weighted by atomic mass is 16.5. The molecule has 1 atom stereocenters. The van der Waals surface area contributed by atoms with E-state index in [4.69, 9.17) is 9.84 Å². The quantitative estimate of drug-likeness (QED) is 0.492. The van der Waals surface area contributed by atoms with Gasteiger partial charge >= 0.3 is 12.1 Å². The van der Waals surface area contributed by atoms with Gasteiger partial charge in [-0.25, -0.2) is 9.59 Å². The zero-order valence-corrected chi connectivity index (χ0v) is 18.1. The van der Waals surface area contributed by atoms with Crippen molar-refractivity contribution < 1.29 is 24.2 Å². The normalized spacial score (nSPS) is 12.9. The number of anilines is 1. The first kappa shape index (κ1) is 22.1. The van der Waals surface area contributed by atoms with Crippen molar-refractivity contribution in [1.29, 1.82) is 0 Å². The van der Waals surface area contributed by atoms with E-state index in [1.165, 1.54) is 12.1 Å². The number of carbonyl (C=O) groups excluding carboxylic acids is 2. The molecule has 0 spiro atoms. The second-order valence-corrected chi connectivity index (χ2v) is 8.01. The average Bonchev–Trinajstić information content (AvgIpc) is 3.11. The van der Waals surface area contributed by atoms with Gasteiger partial charge in [-0.3, -0.25) is 4.79 Å². The number of carboxylic acid groups (broad SMARTS) is 1. The summed E-state index contributed by atoms with van der Waals surface area (Å²) in [5.41, 5.74) is 5.02. The third-order valence-corrected chi connectivity index (χ3v) is 5.59. The highest BCUT2D eigenvalue weighted by Crippen LogP contribution is 2.44. The van der Waals surface area contributed by atoms with Crippen molar-refractivity contribution in [2.45, 2.75) is 25.3 Å². The zero-order valence-electron chi connectivity index (χ0n) is 18.1. The minimum Gasteiger partial charge on any atom is -0.478 e. The maximum atomic E-state index is 12.4. The molecule has 0 bridgehead atoms. The Bertz CT molecular complexity index is 1160. The second-order valence-electron chi connectivity index (χ2n) is 8.01. The first-order chi connectivity index (χ1) is 15.9. The second kappa shape index (κ2) is 9.56. The zero-order chi connectivity index (χ0) is 23.4. The molecule has 2 amide bonds. The predicted octanol–water partition coefficient (Wildman–Crippen LogP) is 4.64. The van der Waals surface area contributed by atoms with Crippen molar-refractivity contribution in [2.24, 2.45) is 0 Å². The van der Waals surface area contributed by atoms with Crippen LogP contribution in [0.5, 0.6) is 0 Å². The molecular formula is C26H24N2O5. The number of nitrogens with one attached hydrogen (secondary N) is 2. The molecule has 7 heteroatoms. The number of benzene rings is 3. The fourth-order valence-electron chi connectivity index (χ4n) is 4.11. The summed E-state index contributed by atoms with van der Waals surface area (Å²) in [6, 6.07) is 21.7. The largest absolute Gasteiger partial charge is 0.478 e. The van der Waals surface area contributed by atoms with Crippen LogP contribution in [0.25, 0.3) is 11.1 Å². The number of alkyl carbamates (subject to hydrolysis) is 1. The molecule has 0 saturated heterocycles. The van der Waals surface area contributed by atoms with E-state index < -0.39 is 18.1 Å². The Kier molecular flexibility index (Phi) is 6.40. The van der Waals surface area contributed by atoms with Gasteiger partial charge in [0, 0.05) is 24.1 Å². The van der Waals surface area contributed by atoms with Crippen LogP contribution in [0.3, 0.4) is 0 Å². The summed E-state index contributed by atoms with van der Waals surface area (Å²) in [5.74, 6) is -1.45. The van der Waals surface area contributed by atoms with Crippen LogP contribution in [0.1, 0.15) is 40.7 Å². The van der Waals surface area contributed by atoms with E-state index >= 15 is 0 Å². The molecule has 168 valence electrons. The number of carboxylic acids is 1. The molecule has 1 aliphatic rings. The van der Waals surface area contributed by atoms with Gasteiger partial charge in [0.15, 0.2) is 0 Å². The van der Waals surface area contributed by atoms with Crippen LogP contribution in [0.15, 0.2) is 72.8 Å². The van der Waals surface area contributed by atoms with E-state index in [2.05, 4.69) is 22.8 Å². The van der Waals surface area contributed by atoms with Crippen LogP contribution in [0.4, 0.5) is 10.5 Å². The number of amides is 2. The molecule has 3 N–H and O–H groups in total. The Morgan fingerprint density at radius 2 is 1.58 bits per heavy atom. The molecule has 0 heterocycles. The van der Waals surface area contributed by atoms with Gasteiger partial charge in [0.25, 0.3) is 0 Å². The van der Waals surface area contributed by atoms with Crippen molar-refractivity contribution in [3.05, 3.63) is 89.5 Å². The van der Waals surface area contributed by atoms with E-state index in [9.17, 15) is 14.4 Å². The minimum atomic E-state index is -1.07. The van der Waals surface area contributed by atoms with Crippen molar-refractivity contribution in [1.82, 2.24) is 5.32 Å². The van der Waals surface area contributed by atoms with Gasteiger partial charge < -0.3 is 20.5 Å². The highest BCUT2D eigenvalue weighted by molar-refractivity contribution is 5.94. The molecule has 0 fully saturated rings. The molecule has 3 aromatic rings. The van der Waals surface area contributed by atoms with Gasteiger partial charge in [-0.05, 0) is 47.4 Å². The van der Waals surface area contributed by atoms with Crippen molar-refractivity contribution in [3.8, 4) is 11.1 Å². The lowest BCUT2D eigenvalue weighted by atomic mass is 9.98. The monoisotopic (exact) mass is 444 g/mol. The van der Waals surface area contributed by atoms with E-state index in [1.54, 1.807) is 19.1 Å². The maximum Gasteiger partial charge on any atom is 0.407 e. The summed E-state index contributed by atoms with van der Waals surface area (Å²) >= 11 is 0. The molecule has 0 aromatic heterocycles. The maximum absolute atomic E-state index is 12.4. The van der Waals surface area contributed by atoms with Gasteiger partial charge in [-0.2, -0.15) is 0 Å². The summed E-state index contributed by atoms with van der Waals surface area (Å²) in [6.07, 6.45) is -0.577. The van der Waals surface area contributed by atoms with Crippen LogP contribution in [0, 0.1) is 0 Å². The first-order valence-corrected chi connectivity index (χ1v) is 10.7. The Morgan fingerprint density at radius 1 is 0.939 bits per heavy atom. The lowest BCUT2D eigenvalue weighted by Gasteiger charge is -2.17. The molecular weight excluding hydrogens is 420 g/mol. The number of hydrogen-bond acceptors (Lipinski definition) is 4. The number of aromatic carboxylic acids is 1. The molecule has 4 rings (SSSR count). The minimum absolute atomic E-state index is 0.0154. The fraction of sp³-hybridized carbons (Fsp3) is 0.192. The van der Waals surface area contributed by atoms with Gasteiger partial charge in [0.2, 0.25) is 5.91 Å². The lowest BCUT2D eigenvalue weighted by Crippen LogP contribution is -2.36. The molecule has 0 saturated carbocycles. The van der Waals surface area contributed by atoms with Crippen molar-refractivity contribution in [2.75, 3.05) is 11.9 Å². The average molecular weight is 444 g/mol. The van der Waals surface area contributed by atoms with E-state index in [-0.39, 0.29) is 30.4 Å². The standard InChI is InChI=1S/C26H24N2O5/c1-16(13-24(29)28-18-8-6-7-17(14-18)25(30)31)27-26(32)33-15-23-21-11-4-2-9-19(21)20-10-3-5-12-22(20)23/h2-12,14,16,23H,13,15H2,1H3,(H,27,32)(H,28,29)(H,30,31)/t16-/m1/s1. The summed E-state index contributed by atoms with van der Waals surface area (Å²) in [5, 5.41) is 14.4. The molecule has 1 aliphatic carbocycles. The van der Waals surface area contributed by atoms with E-state index in [0.29, 0.717) is 5.69 Å². The van der Waals surface area contributed by atoms with E-state index in [1.807, 2.05) is 36.4 Å². The third kappa shape index (κ3) is 5.03. The fourth-order valence-corrected chi connectivity index (χ4v) is 4.11. The lowest BCUT2D eigenvalue weighted by molar-refractivity contribution is -0.116. The van der Waals surface area contributed by atoms with Gasteiger partial charge in [0.05, 0.1) is 5.56 Å². The Hall–Kier alpha value is -4.13. The van der Waals surface area contributed by atoms with Gasteiger partial charge in [0.1, 0.15) is 6.61 Å². The van der Waals surface area contributed by atoms with Crippen LogP contribution in [0.2, 0.25) is 0 Å². The third-order valence-electron chi connectivity index (χ3n) is 5.59. The van der Waals surface area contributed by atoms with Gasteiger partial charge in [-0.1, -0.05) is 54.6 Å². The highest BCUT2D eigenvalue weighted by Gasteiger charge is 2.29. The number of hydrogen-bond donors (Lipinski definition) is 3. The predicted molar refractivity (Wildman–Crippen MR) is 124 cm³/mol. The molecule has 33 heavy (non-hydrogen) atoms. The molecule has 0 unspecified atom stereocenters. The SMILES string of the molecule is C[C@H](CC(=O)Nc1cccc(C(=O)O)c1)NC(=O)OCC1c2ccccc2-c2ccccc21. The number of fused-ring (bicyclic) bond motifs is 3. The topological polar surface area (TPSA) is 105 Å². The van der Waals surface area contributed by atoms with Crippen LogP contribution >= 0.6 is 0 Å². The molecule has 3 aromatic carbocycles. The summed E-state index contributed by atoms with van der Waals surface area (Å²) in [6.45, 7) is 1.90. The molecule has 7 nitrogen and oxygen atoms in total. The first-order valence-electron chi connectivity index (χ1n) is 10.7. The van der Waals surface area contributed by atoms with Gasteiger partial charge in [-0.15, -0.1) is 0 Å². The Morgan fingerprint density at radius 3 is 2.21 bits per heavy atom. The molecule has 0 radical (unpaired) electrons. The number of ether oxygens (including phenoxy) is 1. The Balaban J connectivity index is 1.30. The number of carbonyl (C=O) groups is 3. The van der Waals surface area contributed by atoms with Crippen LogP contribution < -0.4 is 10.6 Å². The van der Waals surface area contributed by atoms with Crippen molar-refractivity contribution in [3.63, 3.8) is 0 Å². The van der Waals surface area contributed by atoms with Crippen LogP contribution in [-0.4, -0.2) is 35.7 Å². The van der Waals surface area contributed by atoms with Crippen molar-refractivity contribution >= 4 is 23.7 Å². The van der Waals surface area contributed by atoms with Crippen LogP contribution in [-0.2, 0) is 9.53 Å². The molecule has 0 aliphatic heterocycles. The smallest absolute Gasteiger partial charge is 0.407 e. The van der Waals surface area contributed by atoms with E-state index in [0.717, 1.165) is 22.3 Å².